The number of carbonyl (C=O) groups excluding carboxylic acids is 1. The van der Waals surface area contributed by atoms with Crippen molar-refractivity contribution in [2.75, 3.05) is 5.32 Å². The van der Waals surface area contributed by atoms with Crippen LogP contribution in [0.5, 0.6) is 0 Å². The maximum Gasteiger partial charge on any atom is 0.263 e. The summed E-state index contributed by atoms with van der Waals surface area (Å²) < 4.78 is 26.7. The van der Waals surface area contributed by atoms with E-state index in [1.165, 1.54) is 12.3 Å². The van der Waals surface area contributed by atoms with Crippen molar-refractivity contribution in [3.05, 3.63) is 42.2 Å². The number of hydrogen-bond donors (Lipinski definition) is 3. The van der Waals surface area contributed by atoms with Gasteiger partial charge in [0.15, 0.2) is 0 Å². The Kier molecular flexibility index (Phi) is 4.10. The minimum Gasteiger partial charge on any atom is -0.322 e. The number of amidine groups is 1. The number of carbonyl (C=O) groups is 1. The third kappa shape index (κ3) is 3.02. The van der Waals surface area contributed by atoms with E-state index < -0.39 is 16.1 Å². The third-order valence-electron chi connectivity index (χ3n) is 3.60. The number of aromatic nitrogens is 2. The molecule has 1 atom stereocenters. The van der Waals surface area contributed by atoms with Crippen molar-refractivity contribution < 1.29 is 13.2 Å². The highest BCUT2D eigenvalue weighted by atomic mass is 32.2. The van der Waals surface area contributed by atoms with E-state index >= 15 is 0 Å². The first-order chi connectivity index (χ1) is 11.4. The van der Waals surface area contributed by atoms with Gasteiger partial charge in [-0.05, 0) is 18.1 Å². The molecule has 1 aliphatic rings. The van der Waals surface area contributed by atoms with Gasteiger partial charge in [0.2, 0.25) is 5.91 Å². The summed E-state index contributed by atoms with van der Waals surface area (Å²) in [6.07, 6.45) is 3.03. The minimum atomic E-state index is -3.63. The first-order valence-corrected chi connectivity index (χ1v) is 8.86. The summed E-state index contributed by atoms with van der Waals surface area (Å²) in [5.74, 6) is -0.268. The van der Waals surface area contributed by atoms with Gasteiger partial charge in [0.05, 0.1) is 16.8 Å². The molecule has 0 spiro atoms. The Bertz CT molecular complexity index is 888. The molecule has 1 aromatic carbocycles. The summed E-state index contributed by atoms with van der Waals surface area (Å²) in [5, 5.41) is 9.08. The molecule has 1 aliphatic heterocycles. The topological polar surface area (TPSA) is 116 Å². The molecule has 9 heteroatoms. The van der Waals surface area contributed by atoms with Crippen LogP contribution in [0, 0.1) is 5.92 Å². The Balaban J connectivity index is 1.94. The lowest BCUT2D eigenvalue weighted by atomic mass is 10.0. The average Bonchev–Trinajstić information content (AvgIpc) is 3.11. The number of nitrogens with zero attached hydrogens (tertiary/aromatic N) is 2. The van der Waals surface area contributed by atoms with E-state index in [2.05, 4.69) is 25.2 Å². The first-order valence-electron chi connectivity index (χ1n) is 7.38. The molecule has 0 saturated heterocycles. The third-order valence-corrected chi connectivity index (χ3v) is 4.99. The SMILES string of the molecule is CC(C)C(N=C1NS(=O)(=O)c2ccccc21)C(=O)Nc1cn[nH]c1. The van der Waals surface area contributed by atoms with E-state index in [1.54, 1.807) is 24.4 Å². The number of rotatable bonds is 4. The Hall–Kier alpha value is -2.68. The van der Waals surface area contributed by atoms with Gasteiger partial charge in [0.25, 0.3) is 10.0 Å². The number of fused-ring (bicyclic) bond motifs is 1. The van der Waals surface area contributed by atoms with Crippen LogP contribution in [0.3, 0.4) is 0 Å². The molecular weight excluding hydrogens is 330 g/mol. The Morgan fingerprint density at radius 2 is 2.04 bits per heavy atom. The molecule has 1 amide bonds. The molecule has 1 aromatic heterocycles. The maximum atomic E-state index is 12.5. The fraction of sp³-hybridized carbons (Fsp3) is 0.267. The number of benzene rings is 1. The molecule has 0 radical (unpaired) electrons. The summed E-state index contributed by atoms with van der Waals surface area (Å²) in [4.78, 5) is 17.0. The normalized spacial score (nSPS) is 18.2. The van der Waals surface area contributed by atoms with Gasteiger partial charge in [-0.1, -0.05) is 26.0 Å². The van der Waals surface area contributed by atoms with Crippen molar-refractivity contribution in [2.24, 2.45) is 10.9 Å². The van der Waals surface area contributed by atoms with Crippen molar-refractivity contribution >= 4 is 27.5 Å². The van der Waals surface area contributed by atoms with Crippen molar-refractivity contribution in [3.63, 3.8) is 0 Å². The van der Waals surface area contributed by atoms with E-state index in [1.807, 2.05) is 13.8 Å². The molecular formula is C15H17N5O3S. The summed E-state index contributed by atoms with van der Waals surface area (Å²) in [6, 6.07) is 5.80. The monoisotopic (exact) mass is 347 g/mol. The van der Waals surface area contributed by atoms with E-state index in [4.69, 9.17) is 0 Å². The fourth-order valence-corrected chi connectivity index (χ4v) is 3.65. The summed E-state index contributed by atoms with van der Waals surface area (Å²) in [6.45, 7) is 3.69. The van der Waals surface area contributed by atoms with Gasteiger partial charge in [-0.3, -0.25) is 19.6 Å². The van der Waals surface area contributed by atoms with Gasteiger partial charge >= 0.3 is 0 Å². The number of anilines is 1. The van der Waals surface area contributed by atoms with Gasteiger partial charge in [-0.15, -0.1) is 0 Å². The number of aliphatic imine (C=N–C) groups is 1. The van der Waals surface area contributed by atoms with Gasteiger partial charge < -0.3 is 5.32 Å². The Labute approximate surface area is 139 Å². The van der Waals surface area contributed by atoms with Gasteiger partial charge in [0, 0.05) is 11.8 Å². The second-order valence-corrected chi connectivity index (χ2v) is 7.40. The van der Waals surface area contributed by atoms with E-state index in [-0.39, 0.29) is 22.6 Å². The zero-order chi connectivity index (χ0) is 17.3. The molecule has 2 heterocycles. The number of H-pyrrole nitrogens is 1. The van der Waals surface area contributed by atoms with Gasteiger partial charge in [0.1, 0.15) is 11.9 Å². The molecule has 126 valence electrons. The molecule has 3 rings (SSSR count). The largest absolute Gasteiger partial charge is 0.322 e. The van der Waals surface area contributed by atoms with Crippen LogP contribution in [0.25, 0.3) is 0 Å². The zero-order valence-corrected chi connectivity index (χ0v) is 14.0. The van der Waals surface area contributed by atoms with E-state index in [0.29, 0.717) is 11.3 Å². The second-order valence-electron chi connectivity index (χ2n) is 5.74. The molecule has 3 N–H and O–H groups in total. The van der Waals surface area contributed by atoms with Crippen LogP contribution in [0.2, 0.25) is 0 Å². The zero-order valence-electron chi connectivity index (χ0n) is 13.1. The summed E-state index contributed by atoms with van der Waals surface area (Å²) in [7, 11) is -3.63. The van der Waals surface area contributed by atoms with Crippen molar-refractivity contribution in [1.82, 2.24) is 14.9 Å². The van der Waals surface area contributed by atoms with Crippen LogP contribution in [0.1, 0.15) is 19.4 Å². The van der Waals surface area contributed by atoms with Crippen molar-refractivity contribution in [1.29, 1.82) is 0 Å². The van der Waals surface area contributed by atoms with Crippen LogP contribution in [-0.4, -0.2) is 36.4 Å². The van der Waals surface area contributed by atoms with Crippen molar-refractivity contribution in [2.45, 2.75) is 24.8 Å². The van der Waals surface area contributed by atoms with Crippen LogP contribution in [0.4, 0.5) is 5.69 Å². The Morgan fingerprint density at radius 3 is 2.71 bits per heavy atom. The smallest absolute Gasteiger partial charge is 0.263 e. The molecule has 1 unspecified atom stereocenters. The molecule has 0 fully saturated rings. The van der Waals surface area contributed by atoms with Gasteiger partial charge in [-0.2, -0.15) is 5.10 Å². The standard InChI is InChI=1S/C15H17N5O3S/c1-9(2)13(15(21)18-10-7-16-17-8-10)19-14-11-5-3-4-6-12(11)24(22,23)20-14/h3-9,13H,1-2H3,(H,16,17)(H,18,21)(H,19,20). The maximum absolute atomic E-state index is 12.5. The highest BCUT2D eigenvalue weighted by Crippen LogP contribution is 2.23. The quantitative estimate of drug-likeness (QED) is 0.768. The van der Waals surface area contributed by atoms with Gasteiger partial charge in [-0.25, -0.2) is 8.42 Å². The van der Waals surface area contributed by atoms with Crippen molar-refractivity contribution in [3.8, 4) is 0 Å². The Morgan fingerprint density at radius 1 is 1.29 bits per heavy atom. The number of amides is 1. The lowest BCUT2D eigenvalue weighted by molar-refractivity contribution is -0.118. The minimum absolute atomic E-state index is 0.123. The molecule has 0 saturated carbocycles. The molecule has 0 bridgehead atoms. The van der Waals surface area contributed by atoms with E-state index in [9.17, 15) is 13.2 Å². The van der Waals surface area contributed by atoms with Crippen LogP contribution in [0.15, 0.2) is 46.5 Å². The molecule has 2 aromatic rings. The van der Waals surface area contributed by atoms with Crippen LogP contribution >= 0.6 is 0 Å². The number of aromatic amines is 1. The van der Waals surface area contributed by atoms with E-state index in [0.717, 1.165) is 0 Å². The van der Waals surface area contributed by atoms with Crippen LogP contribution in [-0.2, 0) is 14.8 Å². The first kappa shape index (κ1) is 16.2. The van der Waals surface area contributed by atoms with Crippen LogP contribution < -0.4 is 10.0 Å². The summed E-state index contributed by atoms with van der Waals surface area (Å²) in [5.41, 5.74) is 0.998. The molecule has 8 nitrogen and oxygen atoms in total. The molecule has 0 aliphatic carbocycles. The molecule has 24 heavy (non-hydrogen) atoms. The predicted molar refractivity (Wildman–Crippen MR) is 89.1 cm³/mol. The number of nitrogens with one attached hydrogen (secondary N) is 3. The lowest BCUT2D eigenvalue weighted by Crippen LogP contribution is -2.34. The average molecular weight is 347 g/mol. The second kappa shape index (κ2) is 6.08. The number of hydrogen-bond acceptors (Lipinski definition) is 5. The fourth-order valence-electron chi connectivity index (χ4n) is 2.41. The highest BCUT2D eigenvalue weighted by molar-refractivity contribution is 7.90. The lowest BCUT2D eigenvalue weighted by Gasteiger charge is -2.16. The highest BCUT2D eigenvalue weighted by Gasteiger charge is 2.32. The summed E-state index contributed by atoms with van der Waals surface area (Å²) >= 11 is 0. The number of sulfonamides is 1. The predicted octanol–water partition coefficient (Wildman–Crippen LogP) is 1.11.